The summed E-state index contributed by atoms with van der Waals surface area (Å²) in [5.74, 6) is -2.43. The van der Waals surface area contributed by atoms with E-state index in [1.165, 1.54) is 17.0 Å². The molecule has 2 aromatic heterocycles. The Balaban J connectivity index is 1.83. The number of carbonyl (C=O) groups excluding carboxylic acids is 1. The number of hydrogen-bond donors (Lipinski definition) is 1. The van der Waals surface area contributed by atoms with Crippen LogP contribution >= 0.6 is 11.6 Å². The predicted octanol–water partition coefficient (Wildman–Crippen LogP) is 4.76. The minimum atomic E-state index is -4.32. The highest BCUT2D eigenvalue weighted by molar-refractivity contribution is 7.91. The van der Waals surface area contributed by atoms with Gasteiger partial charge in [-0.3, -0.25) is 14.3 Å². The third-order valence-corrected chi connectivity index (χ3v) is 10.9. The first-order valence-electron chi connectivity index (χ1n) is 14.4. The van der Waals surface area contributed by atoms with Gasteiger partial charge in [0.2, 0.25) is 5.91 Å². The molecule has 1 fully saturated rings. The van der Waals surface area contributed by atoms with E-state index in [1.54, 1.807) is 43.1 Å². The average Bonchev–Trinajstić information content (AvgIpc) is 3.07. The molecule has 1 amide bonds. The number of nitrogens with zero attached hydrogens (tertiary/aromatic N) is 5. The molecule has 6 rings (SSSR count). The summed E-state index contributed by atoms with van der Waals surface area (Å²) in [6, 6.07) is 6.29. The zero-order chi connectivity index (χ0) is 32.5. The van der Waals surface area contributed by atoms with Crippen LogP contribution < -0.4 is 10.6 Å². The number of halogens is 2. The highest BCUT2D eigenvalue weighted by Crippen LogP contribution is 2.48. The van der Waals surface area contributed by atoms with Gasteiger partial charge < -0.3 is 14.9 Å². The highest BCUT2D eigenvalue weighted by Gasteiger charge is 2.44. The van der Waals surface area contributed by atoms with Crippen LogP contribution in [0.1, 0.15) is 37.9 Å². The van der Waals surface area contributed by atoms with Gasteiger partial charge in [0.15, 0.2) is 15.7 Å². The Morgan fingerprint density at radius 3 is 2.60 bits per heavy atom. The molecule has 0 saturated carbocycles. The summed E-state index contributed by atoms with van der Waals surface area (Å²) < 4.78 is 47.2. The number of aromatic nitrogens is 3. The Labute approximate surface area is 264 Å². The zero-order valence-corrected chi connectivity index (χ0v) is 26.7. The molecule has 2 aliphatic rings. The van der Waals surface area contributed by atoms with Crippen LogP contribution in [-0.2, 0) is 14.6 Å². The zero-order valence-electron chi connectivity index (χ0n) is 25.1. The van der Waals surface area contributed by atoms with Crippen molar-refractivity contribution in [1.82, 2.24) is 19.4 Å². The lowest BCUT2D eigenvalue weighted by Crippen LogP contribution is -2.60. The molecule has 0 aliphatic carbocycles. The third kappa shape index (κ3) is 4.69. The summed E-state index contributed by atoms with van der Waals surface area (Å²) in [4.78, 5) is 38.6. The van der Waals surface area contributed by atoms with Gasteiger partial charge in [0, 0.05) is 36.5 Å². The molecular weight excluding hydrogens is 621 g/mol. The quantitative estimate of drug-likeness (QED) is 0.247. The number of piperazine rings is 1. The van der Waals surface area contributed by atoms with Crippen molar-refractivity contribution in [3.8, 4) is 22.6 Å². The summed E-state index contributed by atoms with van der Waals surface area (Å²) in [6.45, 7) is 11.0. The Hall–Kier alpha value is -4.29. The van der Waals surface area contributed by atoms with Crippen molar-refractivity contribution in [2.24, 2.45) is 0 Å². The molecule has 4 aromatic rings. The largest absolute Gasteiger partial charge is 0.507 e. The van der Waals surface area contributed by atoms with Crippen molar-refractivity contribution in [2.75, 3.05) is 23.7 Å². The Bertz CT molecular complexity index is 2100. The molecule has 2 aliphatic heterocycles. The van der Waals surface area contributed by atoms with Crippen LogP contribution in [-0.4, -0.2) is 69.8 Å². The molecule has 0 bridgehead atoms. The van der Waals surface area contributed by atoms with Gasteiger partial charge in [0.25, 0.3) is 0 Å². The van der Waals surface area contributed by atoms with Crippen molar-refractivity contribution in [3.05, 3.63) is 81.8 Å². The number of carbonyl (C=O) groups is 1. The Morgan fingerprint density at radius 1 is 1.22 bits per heavy atom. The number of hydrogen-bond acceptors (Lipinski definition) is 8. The monoisotopic (exact) mass is 651 g/mol. The van der Waals surface area contributed by atoms with Gasteiger partial charge >= 0.3 is 5.69 Å². The van der Waals surface area contributed by atoms with E-state index >= 15 is 4.39 Å². The van der Waals surface area contributed by atoms with Crippen molar-refractivity contribution in [3.63, 3.8) is 0 Å². The molecule has 0 spiro atoms. The van der Waals surface area contributed by atoms with Crippen molar-refractivity contribution < 1.29 is 22.7 Å². The maximum atomic E-state index is 17.3. The van der Waals surface area contributed by atoms with E-state index < -0.39 is 49.1 Å². The Morgan fingerprint density at radius 2 is 1.93 bits per heavy atom. The van der Waals surface area contributed by atoms with Crippen LogP contribution in [0.3, 0.4) is 0 Å². The molecule has 4 heterocycles. The fraction of sp³-hybridized carbons (Fsp3) is 0.312. The molecule has 234 valence electrons. The van der Waals surface area contributed by atoms with Crippen LogP contribution in [0.25, 0.3) is 27.7 Å². The maximum absolute atomic E-state index is 17.3. The van der Waals surface area contributed by atoms with Gasteiger partial charge in [-0.1, -0.05) is 50.2 Å². The van der Waals surface area contributed by atoms with E-state index in [4.69, 9.17) is 11.6 Å². The molecule has 13 heteroatoms. The van der Waals surface area contributed by atoms with Crippen molar-refractivity contribution >= 4 is 44.1 Å². The second kappa shape index (κ2) is 11.0. The van der Waals surface area contributed by atoms with Gasteiger partial charge in [-0.2, -0.15) is 4.98 Å². The molecule has 1 saturated heterocycles. The molecule has 2 aromatic carbocycles. The first-order chi connectivity index (χ1) is 21.3. The Kier molecular flexibility index (Phi) is 7.48. The molecule has 45 heavy (non-hydrogen) atoms. The number of phenols is 1. The smallest absolute Gasteiger partial charge is 0.354 e. The number of phenolic OH excluding ortho intramolecular Hbond substituents is 1. The van der Waals surface area contributed by atoms with Crippen molar-refractivity contribution in [2.45, 2.75) is 50.6 Å². The molecular formula is C32H31ClFN5O5S. The first kappa shape index (κ1) is 30.7. The summed E-state index contributed by atoms with van der Waals surface area (Å²) in [5, 5.41) is 10.2. The second-order valence-corrected chi connectivity index (χ2v) is 14.1. The lowest BCUT2D eigenvalue weighted by molar-refractivity contribution is -0.128. The van der Waals surface area contributed by atoms with Crippen LogP contribution in [0.4, 0.5) is 10.2 Å². The average molecular weight is 652 g/mol. The summed E-state index contributed by atoms with van der Waals surface area (Å²) >= 11 is 6.89. The van der Waals surface area contributed by atoms with Gasteiger partial charge in [0.1, 0.15) is 11.6 Å². The number of para-hydroxylation sites is 1. The number of sulfone groups is 1. The highest BCUT2D eigenvalue weighted by atomic mass is 35.5. The number of aromatic hydroxyl groups is 1. The standard InChI is InChI=1S/C32H31ClFN5O5S/c1-6-22(41)37-14-19-15-45(43,44)30-24-29(26(34)23(25(30)33)20-9-7-8-10-21(20)40)39(28-17(4)11-12-35-27(28)16(2)3)32(42)36-31(24)38(19)13-18(37)5/h6-12,16,18-19,40H,1,13-15H2,2-5H3. The minimum Gasteiger partial charge on any atom is -0.507 e. The van der Waals surface area contributed by atoms with Crippen molar-refractivity contribution in [1.29, 1.82) is 0 Å². The molecule has 1 N–H and O–H groups in total. The topological polar surface area (TPSA) is 126 Å². The van der Waals surface area contributed by atoms with E-state index in [-0.39, 0.29) is 64.2 Å². The number of fused-ring (bicyclic) bond motifs is 2. The predicted molar refractivity (Wildman–Crippen MR) is 171 cm³/mol. The van der Waals surface area contributed by atoms with Crippen LogP contribution in [0.2, 0.25) is 5.02 Å². The van der Waals surface area contributed by atoms with Crippen LogP contribution in [0, 0.1) is 12.7 Å². The van der Waals surface area contributed by atoms with Gasteiger partial charge in [-0.15, -0.1) is 0 Å². The SMILES string of the molecule is C=CC(=O)N1CC2CS(=O)(=O)c3c(Cl)c(-c4ccccc4O)c(F)c4c3c(nc(=O)n4-c3c(C)ccnc3C(C)C)N2CC1C. The molecule has 10 nitrogen and oxygen atoms in total. The second-order valence-electron chi connectivity index (χ2n) is 11.8. The fourth-order valence-corrected chi connectivity index (χ4v) is 8.94. The van der Waals surface area contributed by atoms with E-state index in [2.05, 4.69) is 16.5 Å². The first-order valence-corrected chi connectivity index (χ1v) is 16.5. The van der Waals surface area contributed by atoms with E-state index in [1.807, 2.05) is 13.8 Å². The van der Waals surface area contributed by atoms with E-state index in [0.29, 0.717) is 11.3 Å². The lowest BCUT2D eigenvalue weighted by Gasteiger charge is -2.44. The summed E-state index contributed by atoms with van der Waals surface area (Å²) in [7, 11) is -4.32. The summed E-state index contributed by atoms with van der Waals surface area (Å²) in [6.07, 6.45) is 2.75. The molecule has 0 radical (unpaired) electrons. The fourth-order valence-electron chi connectivity index (χ4n) is 6.48. The molecule has 2 unspecified atom stereocenters. The van der Waals surface area contributed by atoms with Gasteiger partial charge in [-0.05, 0) is 43.5 Å². The number of anilines is 1. The van der Waals surface area contributed by atoms with E-state index in [9.17, 15) is 23.1 Å². The number of amides is 1. The van der Waals surface area contributed by atoms with E-state index in [0.717, 1.165) is 10.6 Å². The third-order valence-electron chi connectivity index (χ3n) is 8.54. The number of aryl methyl sites for hydroxylation is 1. The number of pyridine rings is 1. The lowest BCUT2D eigenvalue weighted by atomic mass is 9.99. The summed E-state index contributed by atoms with van der Waals surface area (Å²) in [5.41, 5.74) is -0.254. The van der Waals surface area contributed by atoms with Crippen LogP contribution in [0.15, 0.2) is 58.9 Å². The normalized spacial score (nSPS) is 19.0. The van der Waals surface area contributed by atoms with Crippen LogP contribution in [0.5, 0.6) is 5.75 Å². The number of benzene rings is 2. The maximum Gasteiger partial charge on any atom is 0.354 e. The molecule has 2 atom stereocenters. The van der Waals surface area contributed by atoms with Gasteiger partial charge in [0.05, 0.1) is 44.0 Å². The van der Waals surface area contributed by atoms with Gasteiger partial charge in [-0.25, -0.2) is 17.6 Å². The minimum absolute atomic E-state index is 0.00284. The number of rotatable bonds is 4.